The summed E-state index contributed by atoms with van der Waals surface area (Å²) in [7, 11) is 0. The van der Waals surface area contributed by atoms with Crippen molar-refractivity contribution in [2.45, 2.75) is 19.9 Å². The standard InChI is InChI=1S/C14H15NS2/c1-10(2)15-14(16)12-8-9-17-13(12)11-6-4-3-5-7-11/h3-10H,1-2H3,(H,15,16). The highest BCUT2D eigenvalue weighted by Crippen LogP contribution is 2.29. The van der Waals surface area contributed by atoms with Gasteiger partial charge in [0.1, 0.15) is 4.99 Å². The van der Waals surface area contributed by atoms with Gasteiger partial charge in [-0.05, 0) is 30.9 Å². The van der Waals surface area contributed by atoms with Gasteiger partial charge in [-0.3, -0.25) is 0 Å². The zero-order valence-corrected chi connectivity index (χ0v) is 11.6. The summed E-state index contributed by atoms with van der Waals surface area (Å²) >= 11 is 7.16. The number of nitrogens with one attached hydrogen (secondary N) is 1. The molecule has 88 valence electrons. The first-order valence-corrected chi connectivity index (χ1v) is 6.91. The highest BCUT2D eigenvalue weighted by atomic mass is 32.1. The molecule has 3 heteroatoms. The topological polar surface area (TPSA) is 12.0 Å². The van der Waals surface area contributed by atoms with Crippen molar-refractivity contribution in [3.05, 3.63) is 47.3 Å². The van der Waals surface area contributed by atoms with Gasteiger partial charge in [0.05, 0.1) is 0 Å². The Morgan fingerprint density at radius 2 is 1.88 bits per heavy atom. The Morgan fingerprint density at radius 3 is 2.53 bits per heavy atom. The summed E-state index contributed by atoms with van der Waals surface area (Å²) in [5, 5.41) is 5.38. The van der Waals surface area contributed by atoms with Gasteiger partial charge in [0, 0.05) is 16.5 Å². The lowest BCUT2D eigenvalue weighted by Crippen LogP contribution is -2.29. The molecule has 1 N–H and O–H groups in total. The van der Waals surface area contributed by atoms with Crippen LogP contribution in [0, 0.1) is 0 Å². The van der Waals surface area contributed by atoms with Crippen LogP contribution in [-0.4, -0.2) is 11.0 Å². The molecule has 0 saturated heterocycles. The summed E-state index contributed by atoms with van der Waals surface area (Å²) in [4.78, 5) is 2.07. The fraction of sp³-hybridized carbons (Fsp3) is 0.214. The molecule has 1 heterocycles. The lowest BCUT2D eigenvalue weighted by atomic mass is 10.1. The zero-order valence-electron chi connectivity index (χ0n) is 9.94. The quantitative estimate of drug-likeness (QED) is 0.835. The summed E-state index contributed by atoms with van der Waals surface area (Å²) in [5.74, 6) is 0. The van der Waals surface area contributed by atoms with E-state index in [9.17, 15) is 0 Å². The van der Waals surface area contributed by atoms with Crippen LogP contribution in [0.1, 0.15) is 19.4 Å². The largest absolute Gasteiger partial charge is 0.374 e. The van der Waals surface area contributed by atoms with Gasteiger partial charge < -0.3 is 5.32 Å². The molecule has 0 amide bonds. The lowest BCUT2D eigenvalue weighted by Gasteiger charge is -2.11. The molecule has 0 aliphatic rings. The van der Waals surface area contributed by atoms with Gasteiger partial charge in [-0.2, -0.15) is 0 Å². The van der Waals surface area contributed by atoms with Gasteiger partial charge in [-0.15, -0.1) is 11.3 Å². The van der Waals surface area contributed by atoms with Gasteiger partial charge in [-0.25, -0.2) is 0 Å². The van der Waals surface area contributed by atoms with E-state index >= 15 is 0 Å². The molecule has 0 radical (unpaired) electrons. The number of thiophene rings is 1. The van der Waals surface area contributed by atoms with Gasteiger partial charge in [-0.1, -0.05) is 42.5 Å². The Hall–Kier alpha value is -1.19. The maximum absolute atomic E-state index is 5.43. The van der Waals surface area contributed by atoms with Crippen molar-refractivity contribution >= 4 is 28.5 Å². The summed E-state index contributed by atoms with van der Waals surface area (Å²) in [6, 6.07) is 12.8. The average molecular weight is 261 g/mol. The van der Waals surface area contributed by atoms with Crippen molar-refractivity contribution in [3.63, 3.8) is 0 Å². The second-order valence-electron chi connectivity index (χ2n) is 4.16. The minimum atomic E-state index is 0.367. The number of hydrogen-bond donors (Lipinski definition) is 1. The molecule has 0 unspecified atom stereocenters. The Bertz CT molecular complexity index is 500. The molecule has 0 aliphatic carbocycles. The van der Waals surface area contributed by atoms with E-state index in [0.717, 1.165) is 10.6 Å². The van der Waals surface area contributed by atoms with Crippen LogP contribution in [0.5, 0.6) is 0 Å². The van der Waals surface area contributed by atoms with Crippen LogP contribution in [0.4, 0.5) is 0 Å². The second-order valence-corrected chi connectivity index (χ2v) is 5.48. The van der Waals surface area contributed by atoms with Gasteiger partial charge in [0.25, 0.3) is 0 Å². The molecular formula is C14H15NS2. The van der Waals surface area contributed by atoms with Crippen LogP contribution in [0.3, 0.4) is 0 Å². The minimum Gasteiger partial charge on any atom is -0.374 e. The normalized spacial score (nSPS) is 10.5. The van der Waals surface area contributed by atoms with Crippen LogP contribution in [0.15, 0.2) is 41.8 Å². The summed E-state index contributed by atoms with van der Waals surface area (Å²) < 4.78 is 0. The summed E-state index contributed by atoms with van der Waals surface area (Å²) in [5.41, 5.74) is 2.36. The van der Waals surface area contributed by atoms with Crippen molar-refractivity contribution in [2.75, 3.05) is 0 Å². The van der Waals surface area contributed by atoms with Gasteiger partial charge >= 0.3 is 0 Å². The van der Waals surface area contributed by atoms with Crippen molar-refractivity contribution < 1.29 is 0 Å². The van der Waals surface area contributed by atoms with E-state index in [1.165, 1.54) is 10.4 Å². The first-order chi connectivity index (χ1) is 8.18. The monoisotopic (exact) mass is 261 g/mol. The molecule has 0 bridgehead atoms. The first kappa shape index (κ1) is 12.3. The predicted octanol–water partition coefficient (Wildman–Crippen LogP) is 4.09. The summed E-state index contributed by atoms with van der Waals surface area (Å²) in [6.07, 6.45) is 0. The van der Waals surface area contributed by atoms with Crippen LogP contribution in [-0.2, 0) is 0 Å². The van der Waals surface area contributed by atoms with Crippen LogP contribution in [0.2, 0.25) is 0 Å². The molecule has 0 spiro atoms. The molecule has 2 rings (SSSR count). The highest BCUT2D eigenvalue weighted by Gasteiger charge is 2.11. The summed E-state index contributed by atoms with van der Waals surface area (Å²) in [6.45, 7) is 4.20. The zero-order chi connectivity index (χ0) is 12.3. The molecule has 1 aromatic heterocycles. The van der Waals surface area contributed by atoms with E-state index in [-0.39, 0.29) is 0 Å². The average Bonchev–Trinajstić information content (AvgIpc) is 2.78. The Balaban J connectivity index is 2.32. The van der Waals surface area contributed by atoms with E-state index in [2.05, 4.69) is 54.9 Å². The van der Waals surface area contributed by atoms with Crippen LogP contribution >= 0.6 is 23.6 Å². The smallest absolute Gasteiger partial charge is 0.108 e. The van der Waals surface area contributed by atoms with Crippen molar-refractivity contribution in [2.24, 2.45) is 0 Å². The van der Waals surface area contributed by atoms with Gasteiger partial charge in [0.15, 0.2) is 0 Å². The second kappa shape index (κ2) is 5.43. The molecule has 17 heavy (non-hydrogen) atoms. The van der Waals surface area contributed by atoms with Crippen LogP contribution < -0.4 is 5.32 Å². The van der Waals surface area contributed by atoms with E-state index in [1.807, 2.05) is 6.07 Å². The van der Waals surface area contributed by atoms with E-state index < -0.39 is 0 Å². The van der Waals surface area contributed by atoms with E-state index in [4.69, 9.17) is 12.2 Å². The fourth-order valence-electron chi connectivity index (χ4n) is 1.64. The molecule has 0 atom stereocenters. The number of thiocarbonyl (C=S) groups is 1. The third-order valence-corrected chi connectivity index (χ3v) is 3.67. The third-order valence-electron chi connectivity index (χ3n) is 2.37. The highest BCUT2D eigenvalue weighted by molar-refractivity contribution is 7.80. The maximum Gasteiger partial charge on any atom is 0.108 e. The SMILES string of the molecule is CC(C)NC(=S)c1ccsc1-c1ccccc1. The minimum absolute atomic E-state index is 0.367. The molecule has 0 saturated carbocycles. The fourth-order valence-corrected chi connectivity index (χ4v) is 3.02. The maximum atomic E-state index is 5.43. The molecular weight excluding hydrogens is 246 g/mol. The molecule has 0 fully saturated rings. The molecule has 0 aliphatic heterocycles. The number of rotatable bonds is 3. The Kier molecular flexibility index (Phi) is 3.92. The van der Waals surface area contributed by atoms with Crippen molar-refractivity contribution in [1.29, 1.82) is 0 Å². The van der Waals surface area contributed by atoms with Gasteiger partial charge in [0.2, 0.25) is 0 Å². The Labute approximate surface area is 111 Å². The third kappa shape index (κ3) is 2.93. The molecule has 1 aromatic carbocycles. The number of benzene rings is 1. The van der Waals surface area contributed by atoms with E-state index in [0.29, 0.717) is 6.04 Å². The molecule has 1 nitrogen and oxygen atoms in total. The lowest BCUT2D eigenvalue weighted by molar-refractivity contribution is 0.741. The molecule has 2 aromatic rings. The number of hydrogen-bond acceptors (Lipinski definition) is 2. The first-order valence-electron chi connectivity index (χ1n) is 5.62. The van der Waals surface area contributed by atoms with Crippen molar-refractivity contribution in [1.82, 2.24) is 5.32 Å². The predicted molar refractivity (Wildman–Crippen MR) is 79.7 cm³/mol. The van der Waals surface area contributed by atoms with Crippen LogP contribution in [0.25, 0.3) is 10.4 Å². The van der Waals surface area contributed by atoms with Crippen molar-refractivity contribution in [3.8, 4) is 10.4 Å². The Morgan fingerprint density at radius 1 is 1.18 bits per heavy atom. The van der Waals surface area contributed by atoms with E-state index in [1.54, 1.807) is 11.3 Å².